The number of nitrogens with one attached hydrogen (secondary N) is 1. The normalized spacial score (nSPS) is 12.1. The Kier molecular flexibility index (Phi) is 11.5. The summed E-state index contributed by atoms with van der Waals surface area (Å²) in [7, 11) is -3.57. The van der Waals surface area contributed by atoms with Crippen molar-refractivity contribution in [2.75, 3.05) is 23.7 Å². The first-order chi connectivity index (χ1) is 16.5. The highest BCUT2D eigenvalue weighted by atomic mass is 79.9. The number of anilines is 1. The van der Waals surface area contributed by atoms with E-state index in [4.69, 9.17) is 11.6 Å². The van der Waals surface area contributed by atoms with Crippen LogP contribution in [0.2, 0.25) is 5.02 Å². The zero-order valence-corrected chi connectivity index (χ0v) is 23.5. The van der Waals surface area contributed by atoms with Gasteiger partial charge in [-0.25, -0.2) is 8.42 Å². The molecular formula is C25H33BrClN3O4S. The standard InChI is InChI=1S/C25H33BrClN3O4S/c1-4-5-15-28-25(32)19(2)29(18-20-11-13-21(26)14-12-20)24(31)10-7-16-30(35(3,33)34)23-9-6-8-22(27)17-23/h6,8-9,11-14,17,19H,4-5,7,10,15-16,18H2,1-3H3,(H,28,32)/t19-/m1/s1. The second kappa shape index (κ2) is 13.8. The van der Waals surface area contributed by atoms with E-state index in [1.807, 2.05) is 31.2 Å². The van der Waals surface area contributed by atoms with E-state index in [1.165, 1.54) is 4.31 Å². The predicted octanol–water partition coefficient (Wildman–Crippen LogP) is 4.98. The van der Waals surface area contributed by atoms with Crippen LogP contribution in [0.3, 0.4) is 0 Å². The first-order valence-electron chi connectivity index (χ1n) is 11.6. The van der Waals surface area contributed by atoms with Crippen LogP contribution in [0.4, 0.5) is 5.69 Å². The Morgan fingerprint density at radius 1 is 1.11 bits per heavy atom. The minimum Gasteiger partial charge on any atom is -0.354 e. The summed E-state index contributed by atoms with van der Waals surface area (Å²) in [5, 5.41) is 3.32. The number of carbonyl (C=O) groups is 2. The van der Waals surface area contributed by atoms with Crippen molar-refractivity contribution in [3.8, 4) is 0 Å². The quantitative estimate of drug-likeness (QED) is 0.335. The number of rotatable bonds is 13. The molecule has 35 heavy (non-hydrogen) atoms. The average Bonchev–Trinajstić information content (AvgIpc) is 2.80. The SMILES string of the molecule is CCCCNC(=O)[C@@H](C)N(Cc1ccc(Br)cc1)C(=O)CCCN(c1cccc(Cl)c1)S(C)(=O)=O. The molecule has 10 heteroatoms. The smallest absolute Gasteiger partial charge is 0.242 e. The van der Waals surface area contributed by atoms with Crippen LogP contribution < -0.4 is 9.62 Å². The van der Waals surface area contributed by atoms with Crippen LogP contribution in [0.15, 0.2) is 53.0 Å². The number of sulfonamides is 1. The summed E-state index contributed by atoms with van der Waals surface area (Å²) in [6.45, 7) is 4.71. The van der Waals surface area contributed by atoms with Crippen LogP contribution in [0.25, 0.3) is 0 Å². The van der Waals surface area contributed by atoms with Gasteiger partial charge in [0.05, 0.1) is 11.9 Å². The van der Waals surface area contributed by atoms with Crippen LogP contribution in [-0.2, 0) is 26.2 Å². The predicted molar refractivity (Wildman–Crippen MR) is 145 cm³/mol. The number of nitrogens with zero attached hydrogens (tertiary/aromatic N) is 2. The molecule has 2 amide bonds. The second-order valence-corrected chi connectivity index (χ2v) is 11.6. The Labute approximate surface area is 222 Å². The first kappa shape index (κ1) is 29.1. The summed E-state index contributed by atoms with van der Waals surface area (Å²) in [5.41, 5.74) is 1.34. The number of amides is 2. The van der Waals surface area contributed by atoms with Crippen LogP contribution >= 0.6 is 27.5 Å². The van der Waals surface area contributed by atoms with Gasteiger partial charge in [0.2, 0.25) is 21.8 Å². The monoisotopic (exact) mass is 585 g/mol. The molecule has 2 aromatic rings. The van der Waals surface area contributed by atoms with Crippen molar-refractivity contribution in [3.05, 3.63) is 63.6 Å². The van der Waals surface area contributed by atoms with E-state index in [0.717, 1.165) is 29.1 Å². The third-order valence-electron chi connectivity index (χ3n) is 5.51. The minimum atomic E-state index is -3.57. The van der Waals surface area contributed by atoms with Gasteiger partial charge in [0.25, 0.3) is 0 Å². The van der Waals surface area contributed by atoms with E-state index in [-0.39, 0.29) is 31.3 Å². The van der Waals surface area contributed by atoms with Gasteiger partial charge in [-0.15, -0.1) is 0 Å². The molecule has 0 bridgehead atoms. The fourth-order valence-electron chi connectivity index (χ4n) is 3.54. The average molecular weight is 587 g/mol. The van der Waals surface area contributed by atoms with Gasteiger partial charge in [-0.3, -0.25) is 13.9 Å². The van der Waals surface area contributed by atoms with E-state index < -0.39 is 16.1 Å². The fraction of sp³-hybridized carbons (Fsp3) is 0.440. The Bertz CT molecular complexity index is 1100. The molecule has 0 saturated heterocycles. The number of carbonyl (C=O) groups excluding carboxylic acids is 2. The molecule has 1 atom stereocenters. The molecule has 0 radical (unpaired) electrons. The van der Waals surface area contributed by atoms with Crippen LogP contribution in [0.1, 0.15) is 45.1 Å². The van der Waals surface area contributed by atoms with Crippen molar-refractivity contribution in [3.63, 3.8) is 0 Å². The summed E-state index contributed by atoms with van der Waals surface area (Å²) in [4.78, 5) is 27.5. The zero-order valence-electron chi connectivity index (χ0n) is 20.3. The van der Waals surface area contributed by atoms with Gasteiger partial charge in [0, 0.05) is 35.6 Å². The summed E-state index contributed by atoms with van der Waals surface area (Å²) >= 11 is 9.45. The highest BCUT2D eigenvalue weighted by molar-refractivity contribution is 9.10. The third-order valence-corrected chi connectivity index (χ3v) is 7.47. The molecule has 0 unspecified atom stereocenters. The zero-order chi connectivity index (χ0) is 26.0. The van der Waals surface area contributed by atoms with E-state index in [0.29, 0.717) is 23.7 Å². The maximum absolute atomic E-state index is 13.3. The lowest BCUT2D eigenvalue weighted by Gasteiger charge is -2.29. The van der Waals surface area contributed by atoms with Crippen molar-refractivity contribution in [2.45, 2.75) is 52.1 Å². The van der Waals surface area contributed by atoms with Gasteiger partial charge < -0.3 is 10.2 Å². The van der Waals surface area contributed by atoms with E-state index in [1.54, 1.807) is 36.1 Å². The maximum Gasteiger partial charge on any atom is 0.242 e. The lowest BCUT2D eigenvalue weighted by Crippen LogP contribution is -2.47. The van der Waals surface area contributed by atoms with Gasteiger partial charge in [0.1, 0.15) is 6.04 Å². The van der Waals surface area contributed by atoms with E-state index >= 15 is 0 Å². The van der Waals surface area contributed by atoms with Crippen molar-refractivity contribution in [1.29, 1.82) is 0 Å². The molecule has 0 heterocycles. The summed E-state index contributed by atoms with van der Waals surface area (Å²) in [6, 6.07) is 13.5. The number of halogens is 2. The molecule has 2 aromatic carbocycles. The van der Waals surface area contributed by atoms with Crippen molar-refractivity contribution >= 4 is 55.1 Å². The van der Waals surface area contributed by atoms with Crippen LogP contribution in [0.5, 0.6) is 0 Å². The Hall–Kier alpha value is -2.10. The molecule has 0 aliphatic rings. The highest BCUT2D eigenvalue weighted by Gasteiger charge is 2.26. The molecule has 0 aliphatic carbocycles. The van der Waals surface area contributed by atoms with Crippen molar-refractivity contribution in [2.24, 2.45) is 0 Å². The summed E-state index contributed by atoms with van der Waals surface area (Å²) in [6.07, 6.45) is 3.33. The van der Waals surface area contributed by atoms with Crippen LogP contribution in [0, 0.1) is 0 Å². The lowest BCUT2D eigenvalue weighted by atomic mass is 10.1. The number of hydrogen-bond donors (Lipinski definition) is 1. The molecule has 0 spiro atoms. The van der Waals surface area contributed by atoms with Gasteiger partial charge >= 0.3 is 0 Å². The van der Waals surface area contributed by atoms with Crippen molar-refractivity contribution in [1.82, 2.24) is 10.2 Å². The maximum atomic E-state index is 13.3. The number of benzene rings is 2. The van der Waals surface area contributed by atoms with E-state index in [9.17, 15) is 18.0 Å². The minimum absolute atomic E-state index is 0.0930. The summed E-state index contributed by atoms with van der Waals surface area (Å²) in [5.74, 6) is -0.425. The Morgan fingerprint density at radius 2 is 1.80 bits per heavy atom. The van der Waals surface area contributed by atoms with E-state index in [2.05, 4.69) is 21.2 Å². The molecule has 0 aliphatic heterocycles. The fourth-order valence-corrected chi connectivity index (χ4v) is 4.95. The van der Waals surface area contributed by atoms with Gasteiger partial charge in [-0.1, -0.05) is 59.1 Å². The molecule has 192 valence electrons. The molecule has 7 nitrogen and oxygen atoms in total. The second-order valence-electron chi connectivity index (χ2n) is 8.39. The van der Waals surface area contributed by atoms with Crippen LogP contribution in [-0.4, -0.2) is 50.5 Å². The van der Waals surface area contributed by atoms with Gasteiger partial charge in [-0.05, 0) is 55.7 Å². The Morgan fingerprint density at radius 3 is 2.40 bits per heavy atom. The van der Waals surface area contributed by atoms with Gasteiger partial charge in [-0.2, -0.15) is 0 Å². The Balaban J connectivity index is 2.13. The molecular weight excluding hydrogens is 554 g/mol. The molecule has 0 fully saturated rings. The molecule has 2 rings (SSSR count). The number of unbranched alkanes of at least 4 members (excludes halogenated alkanes) is 1. The lowest BCUT2D eigenvalue weighted by molar-refractivity contribution is -0.140. The molecule has 0 aromatic heterocycles. The summed E-state index contributed by atoms with van der Waals surface area (Å²) < 4.78 is 26.9. The topological polar surface area (TPSA) is 86.8 Å². The molecule has 1 N–H and O–H groups in total. The third kappa shape index (κ3) is 9.46. The number of hydrogen-bond acceptors (Lipinski definition) is 4. The highest BCUT2D eigenvalue weighted by Crippen LogP contribution is 2.23. The first-order valence-corrected chi connectivity index (χ1v) is 14.6. The largest absolute Gasteiger partial charge is 0.354 e. The van der Waals surface area contributed by atoms with Crippen molar-refractivity contribution < 1.29 is 18.0 Å². The van der Waals surface area contributed by atoms with Gasteiger partial charge in [0.15, 0.2) is 0 Å². The molecule has 0 saturated carbocycles.